The van der Waals surface area contributed by atoms with E-state index in [1.165, 1.54) is 25.9 Å². The number of hydrogen-bond donors (Lipinski definition) is 3. The van der Waals surface area contributed by atoms with Crippen LogP contribution < -0.4 is 16.4 Å². The molecule has 2 aromatic carbocycles. The number of hydrogen-bond acceptors (Lipinski definition) is 6. The Balaban J connectivity index is 1.42. The average molecular weight is 417 g/mol. The van der Waals surface area contributed by atoms with E-state index in [-0.39, 0.29) is 17.4 Å². The Labute approximate surface area is 182 Å². The maximum Gasteiger partial charge on any atom is 0.278 e. The lowest BCUT2D eigenvalue weighted by Gasteiger charge is -2.15. The Morgan fingerprint density at radius 2 is 1.87 bits per heavy atom. The number of likely N-dealkylation sites (tertiary alicyclic amines) is 1. The van der Waals surface area contributed by atoms with Gasteiger partial charge in [-0.2, -0.15) is 0 Å². The van der Waals surface area contributed by atoms with Crippen molar-refractivity contribution < 1.29 is 4.79 Å². The molecule has 1 fully saturated rings. The van der Waals surface area contributed by atoms with Crippen molar-refractivity contribution in [3.63, 3.8) is 0 Å². The highest BCUT2D eigenvalue weighted by Crippen LogP contribution is 2.20. The summed E-state index contributed by atoms with van der Waals surface area (Å²) in [5, 5.41) is 6.32. The smallest absolute Gasteiger partial charge is 0.278 e. The van der Waals surface area contributed by atoms with Gasteiger partial charge in [0.05, 0.1) is 11.9 Å². The maximum atomic E-state index is 12.7. The van der Waals surface area contributed by atoms with Crippen molar-refractivity contribution in [1.29, 1.82) is 0 Å². The van der Waals surface area contributed by atoms with Crippen molar-refractivity contribution >= 4 is 17.4 Å². The molecule has 0 aliphatic carbocycles. The van der Waals surface area contributed by atoms with Gasteiger partial charge < -0.3 is 21.3 Å². The van der Waals surface area contributed by atoms with Gasteiger partial charge in [-0.3, -0.25) is 4.79 Å². The van der Waals surface area contributed by atoms with E-state index in [0.29, 0.717) is 11.4 Å². The number of para-hydroxylation sites is 1. The van der Waals surface area contributed by atoms with Crippen molar-refractivity contribution in [3.05, 3.63) is 72.1 Å². The highest BCUT2D eigenvalue weighted by Gasteiger charge is 2.15. The number of nitrogens with two attached hydrogens (primary N) is 1. The van der Waals surface area contributed by atoms with Gasteiger partial charge >= 0.3 is 0 Å². The zero-order chi connectivity index (χ0) is 21.5. The number of amides is 1. The van der Waals surface area contributed by atoms with E-state index in [1.54, 1.807) is 6.20 Å². The predicted molar refractivity (Wildman–Crippen MR) is 124 cm³/mol. The minimum atomic E-state index is -0.377. The fourth-order valence-electron chi connectivity index (χ4n) is 3.73. The normalized spacial score (nSPS) is 13.9. The van der Waals surface area contributed by atoms with Gasteiger partial charge in [-0.25, -0.2) is 9.97 Å². The Hall–Kier alpha value is -3.29. The SMILES string of the molecule is Nc1ncc(-c2cccc(CNCCN3CCCC3)c2)nc1C(=O)Nc1ccccc1. The molecule has 0 spiro atoms. The molecule has 4 rings (SSSR count). The Morgan fingerprint density at radius 1 is 1.06 bits per heavy atom. The highest BCUT2D eigenvalue weighted by molar-refractivity contribution is 6.05. The second-order valence-electron chi connectivity index (χ2n) is 7.74. The summed E-state index contributed by atoms with van der Waals surface area (Å²) in [6.45, 7) is 5.27. The summed E-state index contributed by atoms with van der Waals surface area (Å²) in [4.78, 5) is 23.9. The topological polar surface area (TPSA) is 96.2 Å². The molecule has 1 saturated heterocycles. The second-order valence-corrected chi connectivity index (χ2v) is 7.74. The molecule has 7 heteroatoms. The van der Waals surface area contributed by atoms with Gasteiger partial charge in [-0.15, -0.1) is 0 Å². The minimum Gasteiger partial charge on any atom is -0.382 e. The number of nitrogen functional groups attached to an aromatic ring is 1. The van der Waals surface area contributed by atoms with E-state index in [4.69, 9.17) is 5.73 Å². The summed E-state index contributed by atoms with van der Waals surface area (Å²) in [6.07, 6.45) is 4.24. The molecule has 1 aliphatic rings. The maximum absolute atomic E-state index is 12.7. The number of aromatic nitrogens is 2. The van der Waals surface area contributed by atoms with E-state index in [2.05, 4.69) is 37.6 Å². The first-order valence-electron chi connectivity index (χ1n) is 10.7. The number of nitrogens with zero attached hydrogens (tertiary/aromatic N) is 3. The van der Waals surface area contributed by atoms with Gasteiger partial charge in [0.1, 0.15) is 0 Å². The van der Waals surface area contributed by atoms with Crippen LogP contribution in [0.4, 0.5) is 11.5 Å². The molecule has 31 heavy (non-hydrogen) atoms. The van der Waals surface area contributed by atoms with Crippen LogP contribution in [0.2, 0.25) is 0 Å². The van der Waals surface area contributed by atoms with Crippen molar-refractivity contribution in [2.75, 3.05) is 37.2 Å². The lowest BCUT2D eigenvalue weighted by atomic mass is 10.1. The van der Waals surface area contributed by atoms with E-state index in [1.807, 2.05) is 42.5 Å². The fraction of sp³-hybridized carbons (Fsp3) is 0.292. The standard InChI is InChI=1S/C24H28N6O/c25-23-22(24(31)28-20-9-2-1-3-10-20)29-21(17-27-23)19-8-6-7-18(15-19)16-26-11-14-30-12-4-5-13-30/h1-3,6-10,15,17,26H,4-5,11-14,16H2,(H2,25,27)(H,28,31). The number of carbonyl (C=O) groups excluding carboxylic acids is 1. The molecule has 1 amide bonds. The fourth-order valence-corrected chi connectivity index (χ4v) is 3.73. The summed E-state index contributed by atoms with van der Waals surface area (Å²) in [5.74, 6) is -0.269. The van der Waals surface area contributed by atoms with Crippen LogP contribution in [0.3, 0.4) is 0 Å². The van der Waals surface area contributed by atoms with Gasteiger partial charge in [-0.05, 0) is 49.7 Å². The van der Waals surface area contributed by atoms with Crippen LogP contribution in [-0.2, 0) is 6.54 Å². The highest BCUT2D eigenvalue weighted by atomic mass is 16.1. The number of nitrogens with one attached hydrogen (secondary N) is 2. The summed E-state index contributed by atoms with van der Waals surface area (Å²) in [7, 11) is 0. The first-order chi connectivity index (χ1) is 15.2. The summed E-state index contributed by atoms with van der Waals surface area (Å²) >= 11 is 0. The largest absolute Gasteiger partial charge is 0.382 e. The molecule has 0 unspecified atom stereocenters. The Kier molecular flexibility index (Phi) is 6.86. The van der Waals surface area contributed by atoms with Crippen molar-refractivity contribution in [1.82, 2.24) is 20.2 Å². The molecule has 1 aliphatic heterocycles. The number of benzene rings is 2. The van der Waals surface area contributed by atoms with Crippen LogP contribution >= 0.6 is 0 Å². The first kappa shape index (κ1) is 21.0. The van der Waals surface area contributed by atoms with E-state index < -0.39 is 0 Å². The van der Waals surface area contributed by atoms with Crippen LogP contribution in [0.15, 0.2) is 60.8 Å². The quantitative estimate of drug-likeness (QED) is 0.488. The van der Waals surface area contributed by atoms with Crippen LogP contribution in [0, 0.1) is 0 Å². The lowest BCUT2D eigenvalue weighted by molar-refractivity contribution is 0.102. The van der Waals surface area contributed by atoms with Gasteiger partial charge in [0.2, 0.25) is 0 Å². The summed E-state index contributed by atoms with van der Waals surface area (Å²) < 4.78 is 0. The van der Waals surface area contributed by atoms with Crippen LogP contribution in [0.1, 0.15) is 28.9 Å². The zero-order valence-corrected chi connectivity index (χ0v) is 17.6. The molecule has 2 heterocycles. The number of carbonyl (C=O) groups is 1. The van der Waals surface area contributed by atoms with E-state index in [0.717, 1.165) is 30.8 Å². The van der Waals surface area contributed by atoms with Crippen molar-refractivity contribution in [2.24, 2.45) is 0 Å². The molecule has 160 valence electrons. The van der Waals surface area contributed by atoms with Gasteiger partial charge in [-0.1, -0.05) is 36.4 Å². The third-order valence-electron chi connectivity index (χ3n) is 5.40. The molecular weight excluding hydrogens is 388 g/mol. The number of rotatable bonds is 8. The molecule has 3 aromatic rings. The molecule has 4 N–H and O–H groups in total. The van der Waals surface area contributed by atoms with Gasteiger partial charge in [0, 0.05) is 30.9 Å². The molecule has 0 atom stereocenters. The molecule has 0 radical (unpaired) electrons. The lowest BCUT2D eigenvalue weighted by Crippen LogP contribution is -2.29. The van der Waals surface area contributed by atoms with E-state index >= 15 is 0 Å². The zero-order valence-electron chi connectivity index (χ0n) is 17.6. The molecule has 0 bridgehead atoms. The third-order valence-corrected chi connectivity index (χ3v) is 5.40. The molecule has 7 nitrogen and oxygen atoms in total. The first-order valence-corrected chi connectivity index (χ1v) is 10.7. The van der Waals surface area contributed by atoms with Crippen molar-refractivity contribution in [2.45, 2.75) is 19.4 Å². The Morgan fingerprint density at radius 3 is 2.68 bits per heavy atom. The minimum absolute atomic E-state index is 0.108. The van der Waals surface area contributed by atoms with E-state index in [9.17, 15) is 4.79 Å². The van der Waals surface area contributed by atoms with Crippen LogP contribution in [0.25, 0.3) is 11.3 Å². The van der Waals surface area contributed by atoms with Crippen LogP contribution in [-0.4, -0.2) is 47.0 Å². The van der Waals surface area contributed by atoms with Gasteiger partial charge in [0.15, 0.2) is 11.5 Å². The summed E-state index contributed by atoms with van der Waals surface area (Å²) in [6, 6.07) is 17.3. The molecular formula is C24H28N6O. The monoisotopic (exact) mass is 416 g/mol. The average Bonchev–Trinajstić information content (AvgIpc) is 3.31. The van der Waals surface area contributed by atoms with Gasteiger partial charge in [0.25, 0.3) is 5.91 Å². The van der Waals surface area contributed by atoms with Crippen molar-refractivity contribution in [3.8, 4) is 11.3 Å². The second kappa shape index (κ2) is 10.1. The Bertz CT molecular complexity index is 1020. The molecule has 0 saturated carbocycles. The number of anilines is 2. The predicted octanol–water partition coefficient (Wildman–Crippen LogP) is 3.16. The summed E-state index contributed by atoms with van der Waals surface area (Å²) in [5.41, 5.74) is 9.42. The van der Waals surface area contributed by atoms with Crippen LogP contribution in [0.5, 0.6) is 0 Å². The third kappa shape index (κ3) is 5.65. The molecule has 1 aromatic heterocycles.